The molecular formula is C6H14ClNO. The standard InChI is InChI=1S/C6H13NO.ClH/c1-2-6(7)3-4-8-5-6;/h2-5,7H2,1H3;1H. The second-order valence-electron chi connectivity index (χ2n) is 2.52. The minimum absolute atomic E-state index is 0. The molecule has 1 atom stereocenters. The van der Waals surface area contributed by atoms with E-state index in [2.05, 4.69) is 6.92 Å². The second kappa shape index (κ2) is 3.40. The molecular weight excluding hydrogens is 138 g/mol. The van der Waals surface area contributed by atoms with Gasteiger partial charge in [0.1, 0.15) is 0 Å². The van der Waals surface area contributed by atoms with E-state index in [9.17, 15) is 0 Å². The average molecular weight is 152 g/mol. The monoisotopic (exact) mass is 151 g/mol. The van der Waals surface area contributed by atoms with Crippen molar-refractivity contribution in [2.24, 2.45) is 5.73 Å². The zero-order valence-corrected chi connectivity index (χ0v) is 6.54. The average Bonchev–Trinajstić information content (AvgIpc) is 2.17. The third-order valence-corrected chi connectivity index (χ3v) is 1.84. The number of nitrogens with two attached hydrogens (primary N) is 1. The lowest BCUT2D eigenvalue weighted by atomic mass is 9.97. The van der Waals surface area contributed by atoms with Crippen LogP contribution in [0.4, 0.5) is 0 Å². The van der Waals surface area contributed by atoms with Crippen LogP contribution in [-0.4, -0.2) is 18.8 Å². The first kappa shape index (κ1) is 9.21. The Kier molecular flexibility index (Phi) is 3.48. The highest BCUT2D eigenvalue weighted by molar-refractivity contribution is 5.85. The summed E-state index contributed by atoms with van der Waals surface area (Å²) in [5, 5.41) is 0. The Morgan fingerprint density at radius 3 is 2.56 bits per heavy atom. The number of rotatable bonds is 1. The highest BCUT2D eigenvalue weighted by Crippen LogP contribution is 2.17. The molecule has 1 heterocycles. The van der Waals surface area contributed by atoms with Gasteiger partial charge in [0.25, 0.3) is 0 Å². The summed E-state index contributed by atoms with van der Waals surface area (Å²) < 4.78 is 5.13. The fourth-order valence-corrected chi connectivity index (χ4v) is 0.902. The van der Waals surface area contributed by atoms with Gasteiger partial charge in [0.2, 0.25) is 0 Å². The molecule has 1 saturated heterocycles. The molecule has 0 aromatic carbocycles. The number of hydrogen-bond donors (Lipinski definition) is 1. The normalized spacial score (nSPS) is 34.0. The third kappa shape index (κ3) is 2.12. The van der Waals surface area contributed by atoms with Crippen molar-refractivity contribution in [3.63, 3.8) is 0 Å². The largest absolute Gasteiger partial charge is 0.379 e. The minimum Gasteiger partial charge on any atom is -0.379 e. The molecule has 0 aliphatic carbocycles. The molecule has 9 heavy (non-hydrogen) atoms. The molecule has 3 heteroatoms. The number of hydrogen-bond acceptors (Lipinski definition) is 2. The van der Waals surface area contributed by atoms with Crippen LogP contribution in [0.1, 0.15) is 19.8 Å². The van der Waals surface area contributed by atoms with E-state index in [0.717, 1.165) is 26.1 Å². The van der Waals surface area contributed by atoms with Gasteiger partial charge in [-0.15, -0.1) is 12.4 Å². The Morgan fingerprint density at radius 1 is 1.67 bits per heavy atom. The number of ether oxygens (including phenoxy) is 1. The van der Waals surface area contributed by atoms with Crippen LogP contribution >= 0.6 is 12.4 Å². The van der Waals surface area contributed by atoms with Gasteiger partial charge >= 0.3 is 0 Å². The lowest BCUT2D eigenvalue weighted by Gasteiger charge is -2.17. The minimum atomic E-state index is 0. The van der Waals surface area contributed by atoms with Crippen molar-refractivity contribution in [3.8, 4) is 0 Å². The maximum Gasteiger partial charge on any atom is 0.0646 e. The van der Waals surface area contributed by atoms with Gasteiger partial charge in [0.05, 0.1) is 6.61 Å². The summed E-state index contributed by atoms with van der Waals surface area (Å²) in [7, 11) is 0. The first-order valence-corrected chi connectivity index (χ1v) is 3.13. The lowest BCUT2D eigenvalue weighted by molar-refractivity contribution is 0.177. The van der Waals surface area contributed by atoms with Gasteiger partial charge in [-0.25, -0.2) is 0 Å². The molecule has 0 bridgehead atoms. The molecule has 1 aliphatic heterocycles. The van der Waals surface area contributed by atoms with Crippen molar-refractivity contribution in [1.29, 1.82) is 0 Å². The summed E-state index contributed by atoms with van der Waals surface area (Å²) >= 11 is 0. The second-order valence-corrected chi connectivity index (χ2v) is 2.52. The Labute approximate surface area is 62.2 Å². The molecule has 1 aliphatic rings. The van der Waals surface area contributed by atoms with Crippen molar-refractivity contribution in [2.75, 3.05) is 13.2 Å². The van der Waals surface area contributed by atoms with Gasteiger partial charge in [-0.3, -0.25) is 0 Å². The van der Waals surface area contributed by atoms with Gasteiger partial charge in [-0.05, 0) is 12.8 Å². The van der Waals surface area contributed by atoms with E-state index in [4.69, 9.17) is 10.5 Å². The third-order valence-electron chi connectivity index (χ3n) is 1.84. The van der Waals surface area contributed by atoms with Crippen molar-refractivity contribution >= 4 is 12.4 Å². The van der Waals surface area contributed by atoms with E-state index in [1.165, 1.54) is 0 Å². The molecule has 0 saturated carbocycles. The molecule has 0 aromatic heterocycles. The van der Waals surface area contributed by atoms with Crippen LogP contribution in [0.5, 0.6) is 0 Å². The fraction of sp³-hybridized carbons (Fsp3) is 1.00. The van der Waals surface area contributed by atoms with Crippen molar-refractivity contribution in [1.82, 2.24) is 0 Å². The SMILES string of the molecule is CCC1(N)CCOC1.Cl. The fourth-order valence-electron chi connectivity index (χ4n) is 0.902. The van der Waals surface area contributed by atoms with Crippen LogP contribution in [0.15, 0.2) is 0 Å². The predicted molar refractivity (Wildman–Crippen MR) is 39.9 cm³/mol. The van der Waals surface area contributed by atoms with E-state index in [0.29, 0.717) is 0 Å². The molecule has 0 amide bonds. The van der Waals surface area contributed by atoms with Crippen LogP contribution in [0, 0.1) is 0 Å². The zero-order chi connectivity index (χ0) is 6.04. The van der Waals surface area contributed by atoms with Crippen LogP contribution < -0.4 is 5.73 Å². The van der Waals surface area contributed by atoms with Gasteiger partial charge in [-0.1, -0.05) is 6.92 Å². The van der Waals surface area contributed by atoms with Gasteiger partial charge < -0.3 is 10.5 Å². The molecule has 1 rings (SSSR count). The molecule has 0 spiro atoms. The highest BCUT2D eigenvalue weighted by atomic mass is 35.5. The topological polar surface area (TPSA) is 35.2 Å². The molecule has 0 radical (unpaired) electrons. The van der Waals surface area contributed by atoms with Gasteiger partial charge in [-0.2, -0.15) is 0 Å². The summed E-state index contributed by atoms with van der Waals surface area (Å²) in [5.41, 5.74) is 5.85. The van der Waals surface area contributed by atoms with E-state index in [1.807, 2.05) is 0 Å². The van der Waals surface area contributed by atoms with E-state index < -0.39 is 0 Å². The van der Waals surface area contributed by atoms with Crippen LogP contribution in [0.3, 0.4) is 0 Å². The van der Waals surface area contributed by atoms with Crippen LogP contribution in [-0.2, 0) is 4.74 Å². The predicted octanol–water partition coefficient (Wildman–Crippen LogP) is 0.936. The van der Waals surface area contributed by atoms with Crippen LogP contribution in [0.2, 0.25) is 0 Å². The van der Waals surface area contributed by atoms with Crippen molar-refractivity contribution in [3.05, 3.63) is 0 Å². The maximum atomic E-state index is 5.83. The molecule has 0 aromatic rings. The molecule has 2 N–H and O–H groups in total. The summed E-state index contributed by atoms with van der Waals surface area (Å²) in [6, 6.07) is 0. The summed E-state index contributed by atoms with van der Waals surface area (Å²) in [5.74, 6) is 0. The van der Waals surface area contributed by atoms with Crippen molar-refractivity contribution in [2.45, 2.75) is 25.3 Å². The molecule has 2 nitrogen and oxygen atoms in total. The summed E-state index contributed by atoms with van der Waals surface area (Å²) in [6.45, 7) is 3.71. The molecule has 1 unspecified atom stereocenters. The molecule has 1 fully saturated rings. The summed E-state index contributed by atoms with van der Waals surface area (Å²) in [4.78, 5) is 0. The maximum absolute atomic E-state index is 5.83. The quantitative estimate of drug-likeness (QED) is 0.606. The Hall–Kier alpha value is 0.210. The van der Waals surface area contributed by atoms with Gasteiger partial charge in [0.15, 0.2) is 0 Å². The Bertz CT molecular complexity index is 81.1. The first-order valence-electron chi connectivity index (χ1n) is 3.13. The van der Waals surface area contributed by atoms with Crippen molar-refractivity contribution < 1.29 is 4.74 Å². The highest BCUT2D eigenvalue weighted by Gasteiger charge is 2.27. The first-order chi connectivity index (χ1) is 3.77. The van der Waals surface area contributed by atoms with E-state index in [1.54, 1.807) is 0 Å². The lowest BCUT2D eigenvalue weighted by Crippen LogP contribution is -2.39. The Balaban J connectivity index is 0.000000640. The van der Waals surface area contributed by atoms with E-state index >= 15 is 0 Å². The number of halogens is 1. The smallest absolute Gasteiger partial charge is 0.0646 e. The summed E-state index contributed by atoms with van der Waals surface area (Å²) in [6.07, 6.45) is 2.07. The zero-order valence-electron chi connectivity index (χ0n) is 5.72. The van der Waals surface area contributed by atoms with Gasteiger partial charge in [0, 0.05) is 12.1 Å². The van der Waals surface area contributed by atoms with E-state index in [-0.39, 0.29) is 17.9 Å². The Morgan fingerprint density at radius 2 is 2.33 bits per heavy atom. The van der Waals surface area contributed by atoms with Crippen LogP contribution in [0.25, 0.3) is 0 Å². The molecule has 56 valence electrons.